The number of nitrogens with zero attached hydrogens (tertiary/aromatic N) is 1. The molecule has 1 heterocycles. The Morgan fingerprint density at radius 1 is 1.06 bits per heavy atom. The average molecular weight is 438 g/mol. The lowest BCUT2D eigenvalue weighted by Crippen LogP contribution is -2.25. The molecule has 5 heteroatoms. The maximum Gasteiger partial charge on any atom is 0.330 e. The first kappa shape index (κ1) is 23.9. The van der Waals surface area contributed by atoms with Gasteiger partial charge < -0.3 is 19.1 Å². The van der Waals surface area contributed by atoms with E-state index in [1.54, 1.807) is 0 Å². The molecule has 2 aromatic carbocycles. The number of rotatable bonds is 11. The Hall–Kier alpha value is -2.79. The van der Waals surface area contributed by atoms with Crippen molar-refractivity contribution in [3.8, 4) is 16.9 Å². The lowest BCUT2D eigenvalue weighted by Gasteiger charge is -2.30. The molecule has 0 amide bonds. The van der Waals surface area contributed by atoms with Gasteiger partial charge in [0.2, 0.25) is 0 Å². The molecule has 0 bridgehead atoms. The van der Waals surface area contributed by atoms with Gasteiger partial charge in [-0.3, -0.25) is 0 Å². The quantitative estimate of drug-likeness (QED) is 0.264. The second-order valence-electron chi connectivity index (χ2n) is 8.02. The third-order valence-corrected chi connectivity index (χ3v) is 5.55. The fraction of sp³-hybridized carbons (Fsp3) is 0.444. The molecule has 0 saturated carbocycles. The topological polar surface area (TPSA) is 48.0 Å². The van der Waals surface area contributed by atoms with Gasteiger partial charge in [0.15, 0.2) is 0 Å². The second kappa shape index (κ2) is 12.3. The van der Waals surface area contributed by atoms with Gasteiger partial charge in [-0.05, 0) is 78.8 Å². The van der Waals surface area contributed by atoms with Crippen LogP contribution >= 0.6 is 0 Å². The van der Waals surface area contributed by atoms with E-state index in [0.717, 1.165) is 61.3 Å². The van der Waals surface area contributed by atoms with Crippen molar-refractivity contribution in [3.63, 3.8) is 0 Å². The van der Waals surface area contributed by atoms with Gasteiger partial charge in [0.1, 0.15) is 12.4 Å². The number of aryl methyl sites for hydroxylation is 1. The highest BCUT2D eigenvalue weighted by Gasteiger charge is 2.18. The molecule has 172 valence electrons. The Bertz CT molecular complexity index is 905. The maximum atomic E-state index is 11.9. The molecule has 1 aliphatic rings. The predicted molar refractivity (Wildman–Crippen MR) is 130 cm³/mol. The van der Waals surface area contributed by atoms with Crippen molar-refractivity contribution in [2.24, 2.45) is 0 Å². The van der Waals surface area contributed by atoms with Gasteiger partial charge in [-0.1, -0.05) is 25.5 Å². The minimum atomic E-state index is -0.315. The number of fused-ring (bicyclic) bond motifs is 1. The summed E-state index contributed by atoms with van der Waals surface area (Å²) in [6.45, 7) is 7.31. The van der Waals surface area contributed by atoms with Crippen LogP contribution < -0.4 is 9.64 Å². The monoisotopic (exact) mass is 437 g/mol. The van der Waals surface area contributed by atoms with E-state index < -0.39 is 0 Å². The molecule has 0 aromatic heterocycles. The van der Waals surface area contributed by atoms with Crippen molar-refractivity contribution >= 4 is 17.7 Å². The smallest absolute Gasteiger partial charge is 0.330 e. The summed E-state index contributed by atoms with van der Waals surface area (Å²) in [5, 5.41) is 0. The zero-order valence-electron chi connectivity index (χ0n) is 19.6. The van der Waals surface area contributed by atoms with Crippen LogP contribution in [-0.4, -0.2) is 46.0 Å². The van der Waals surface area contributed by atoms with Crippen molar-refractivity contribution in [1.82, 2.24) is 0 Å². The Balaban J connectivity index is 1.75. The third-order valence-electron chi connectivity index (χ3n) is 5.55. The van der Waals surface area contributed by atoms with Crippen LogP contribution in [0, 0.1) is 0 Å². The Labute approximate surface area is 192 Å². The van der Waals surface area contributed by atoms with Crippen LogP contribution in [0.4, 0.5) is 5.69 Å². The van der Waals surface area contributed by atoms with Crippen LogP contribution in [0.25, 0.3) is 17.2 Å². The van der Waals surface area contributed by atoms with Crippen LogP contribution in [-0.2, 0) is 20.7 Å². The zero-order valence-corrected chi connectivity index (χ0v) is 19.6. The molecule has 32 heavy (non-hydrogen) atoms. The summed E-state index contributed by atoms with van der Waals surface area (Å²) in [6, 6.07) is 12.6. The molecule has 0 aliphatic carbocycles. The van der Waals surface area contributed by atoms with E-state index in [1.807, 2.05) is 25.1 Å². The number of ether oxygens (including phenoxy) is 3. The Morgan fingerprint density at radius 3 is 2.62 bits per heavy atom. The van der Waals surface area contributed by atoms with E-state index in [2.05, 4.69) is 43.1 Å². The summed E-state index contributed by atoms with van der Waals surface area (Å²) in [5.74, 6) is 0.526. The molecule has 3 rings (SSSR count). The summed E-state index contributed by atoms with van der Waals surface area (Å²) in [7, 11) is 2.11. The van der Waals surface area contributed by atoms with Crippen LogP contribution in [0.3, 0.4) is 0 Å². The van der Waals surface area contributed by atoms with Gasteiger partial charge in [-0.2, -0.15) is 0 Å². The summed E-state index contributed by atoms with van der Waals surface area (Å²) in [6.07, 6.45) is 7.78. The highest BCUT2D eigenvalue weighted by molar-refractivity contribution is 5.90. The highest BCUT2D eigenvalue weighted by atomic mass is 16.5. The number of hydrogen-bond acceptors (Lipinski definition) is 5. The van der Waals surface area contributed by atoms with E-state index in [1.165, 1.54) is 17.3 Å². The first-order valence-electron chi connectivity index (χ1n) is 11.7. The van der Waals surface area contributed by atoms with Gasteiger partial charge >= 0.3 is 5.97 Å². The van der Waals surface area contributed by atoms with E-state index >= 15 is 0 Å². The number of esters is 1. The summed E-state index contributed by atoms with van der Waals surface area (Å²) in [4.78, 5) is 14.1. The average Bonchev–Trinajstić information content (AvgIpc) is 2.80. The van der Waals surface area contributed by atoms with E-state index in [9.17, 15) is 4.79 Å². The lowest BCUT2D eigenvalue weighted by molar-refractivity contribution is -0.137. The first-order chi connectivity index (χ1) is 15.6. The van der Waals surface area contributed by atoms with E-state index in [4.69, 9.17) is 14.2 Å². The standard InChI is InChI=1S/C27H35NO4/c1-4-6-16-30-17-18-32-25-12-9-21(10-13-25)24-19-22-8-7-15-28(3)27(22)23(20-24)11-14-26(29)31-5-2/h9-14,19-20H,4-8,15-18H2,1-3H3/b14-11+. The van der Waals surface area contributed by atoms with Gasteiger partial charge in [0.25, 0.3) is 0 Å². The molecule has 0 radical (unpaired) electrons. The number of carbonyl (C=O) groups excluding carboxylic acids is 1. The van der Waals surface area contributed by atoms with Crippen LogP contribution in [0.2, 0.25) is 0 Å². The first-order valence-corrected chi connectivity index (χ1v) is 11.7. The SMILES string of the molecule is CCCCOCCOc1ccc(-c2cc(/C=C/C(=O)OCC)c3c(c2)CCCN3C)cc1. The second-order valence-corrected chi connectivity index (χ2v) is 8.02. The minimum Gasteiger partial charge on any atom is -0.491 e. The molecule has 1 aliphatic heterocycles. The van der Waals surface area contributed by atoms with E-state index in [0.29, 0.717) is 19.8 Å². The summed E-state index contributed by atoms with van der Waals surface area (Å²) in [5.41, 5.74) is 5.81. The Morgan fingerprint density at radius 2 is 1.88 bits per heavy atom. The molecule has 0 spiro atoms. The molecule has 2 aromatic rings. The molecule has 0 saturated heterocycles. The predicted octanol–water partition coefficient (Wildman–Crippen LogP) is 5.51. The molecule has 5 nitrogen and oxygen atoms in total. The van der Waals surface area contributed by atoms with Crippen molar-refractivity contribution < 1.29 is 19.0 Å². The van der Waals surface area contributed by atoms with Crippen LogP contribution in [0.15, 0.2) is 42.5 Å². The van der Waals surface area contributed by atoms with Crippen LogP contribution in [0.5, 0.6) is 5.75 Å². The minimum absolute atomic E-state index is 0.315. The normalized spacial score (nSPS) is 13.3. The molecule has 0 N–H and O–H groups in total. The van der Waals surface area contributed by atoms with Crippen LogP contribution in [0.1, 0.15) is 44.2 Å². The molecule has 0 unspecified atom stereocenters. The summed E-state index contributed by atoms with van der Waals surface area (Å²) < 4.78 is 16.4. The van der Waals surface area contributed by atoms with Crippen molar-refractivity contribution in [1.29, 1.82) is 0 Å². The van der Waals surface area contributed by atoms with Crippen molar-refractivity contribution in [3.05, 3.63) is 53.6 Å². The van der Waals surface area contributed by atoms with Gasteiger partial charge in [0, 0.05) is 32.0 Å². The molecule has 0 fully saturated rings. The number of hydrogen-bond donors (Lipinski definition) is 0. The number of benzene rings is 2. The number of unbranched alkanes of at least 4 members (excludes halogenated alkanes) is 1. The highest BCUT2D eigenvalue weighted by Crippen LogP contribution is 2.36. The molecular weight excluding hydrogens is 402 g/mol. The largest absolute Gasteiger partial charge is 0.491 e. The molecular formula is C27H35NO4. The van der Waals surface area contributed by atoms with Crippen molar-refractivity contribution in [2.45, 2.75) is 39.5 Å². The fourth-order valence-corrected chi connectivity index (χ4v) is 3.95. The Kier molecular flexibility index (Phi) is 9.17. The zero-order chi connectivity index (χ0) is 22.8. The van der Waals surface area contributed by atoms with Gasteiger partial charge in [0.05, 0.1) is 13.2 Å². The lowest BCUT2D eigenvalue weighted by atomic mass is 9.92. The number of carbonyl (C=O) groups is 1. The van der Waals surface area contributed by atoms with E-state index in [-0.39, 0.29) is 5.97 Å². The van der Waals surface area contributed by atoms with Gasteiger partial charge in [-0.25, -0.2) is 4.79 Å². The number of anilines is 1. The summed E-state index contributed by atoms with van der Waals surface area (Å²) >= 11 is 0. The van der Waals surface area contributed by atoms with Gasteiger partial charge in [-0.15, -0.1) is 0 Å². The fourth-order valence-electron chi connectivity index (χ4n) is 3.95. The molecule has 0 atom stereocenters. The maximum absolute atomic E-state index is 11.9. The van der Waals surface area contributed by atoms with Crippen molar-refractivity contribution in [2.75, 3.05) is 44.9 Å². The third kappa shape index (κ3) is 6.60.